The largest absolute Gasteiger partial charge is 0.508 e. The van der Waals surface area contributed by atoms with E-state index in [0.29, 0.717) is 45.4 Å². The van der Waals surface area contributed by atoms with E-state index in [1.54, 1.807) is 23.1 Å². The maximum Gasteiger partial charge on any atom is 0.322 e. The van der Waals surface area contributed by atoms with Crippen molar-refractivity contribution in [3.63, 3.8) is 0 Å². The highest BCUT2D eigenvalue weighted by Crippen LogP contribution is 2.27. The van der Waals surface area contributed by atoms with E-state index in [9.17, 15) is 19.5 Å². The first-order valence-corrected chi connectivity index (χ1v) is 11.3. The van der Waals surface area contributed by atoms with Gasteiger partial charge in [-0.05, 0) is 47.7 Å². The quantitative estimate of drug-likeness (QED) is 0.563. The Hall–Kier alpha value is -3.75. The second-order valence-electron chi connectivity index (χ2n) is 8.81. The first kappa shape index (κ1) is 21.1. The molecule has 0 aromatic heterocycles. The number of nitrogens with one attached hydrogen (secondary N) is 3. The topological polar surface area (TPSA) is 114 Å². The second-order valence-corrected chi connectivity index (χ2v) is 8.81. The number of rotatable bonds is 2. The van der Waals surface area contributed by atoms with Crippen molar-refractivity contribution in [2.24, 2.45) is 0 Å². The van der Waals surface area contributed by atoms with Crippen molar-refractivity contribution in [1.29, 1.82) is 0 Å². The zero-order chi connectivity index (χ0) is 22.9. The molecule has 9 heteroatoms. The van der Waals surface area contributed by atoms with Crippen LogP contribution in [0.1, 0.15) is 29.5 Å². The van der Waals surface area contributed by atoms with E-state index in [4.69, 9.17) is 0 Å². The Balaban J connectivity index is 1.18. The van der Waals surface area contributed by atoms with E-state index in [0.717, 1.165) is 22.4 Å². The summed E-state index contributed by atoms with van der Waals surface area (Å²) in [4.78, 5) is 41.6. The summed E-state index contributed by atoms with van der Waals surface area (Å²) < 4.78 is 0. The van der Waals surface area contributed by atoms with Crippen LogP contribution in [0.3, 0.4) is 0 Å². The van der Waals surface area contributed by atoms with Crippen molar-refractivity contribution in [2.45, 2.75) is 44.4 Å². The fourth-order valence-electron chi connectivity index (χ4n) is 4.85. The van der Waals surface area contributed by atoms with Crippen LogP contribution < -0.4 is 16.0 Å². The molecular formula is C24H27N5O4. The number of carbonyl (C=O) groups is 3. The third-order valence-corrected chi connectivity index (χ3v) is 6.73. The summed E-state index contributed by atoms with van der Waals surface area (Å²) in [6.45, 7) is 1.92. The Bertz CT molecular complexity index is 1100. The molecule has 172 valence electrons. The molecule has 0 aliphatic carbocycles. The molecule has 0 saturated carbocycles. The first-order chi connectivity index (χ1) is 16.0. The van der Waals surface area contributed by atoms with E-state index in [-0.39, 0.29) is 29.8 Å². The molecule has 1 atom stereocenters. The summed E-state index contributed by atoms with van der Waals surface area (Å²) in [5.74, 6) is -0.0863. The van der Waals surface area contributed by atoms with Crippen LogP contribution in [0.2, 0.25) is 0 Å². The molecule has 0 bridgehead atoms. The minimum absolute atomic E-state index is 0.0585. The summed E-state index contributed by atoms with van der Waals surface area (Å²) in [5, 5.41) is 18.3. The number of para-hydroxylation sites is 1. The highest BCUT2D eigenvalue weighted by atomic mass is 16.3. The number of likely N-dealkylation sites (tertiary alicyclic amines) is 1. The van der Waals surface area contributed by atoms with Gasteiger partial charge in [0, 0.05) is 44.3 Å². The van der Waals surface area contributed by atoms with Gasteiger partial charge in [0.15, 0.2) is 0 Å². The molecule has 3 aliphatic rings. The van der Waals surface area contributed by atoms with E-state index in [2.05, 4.69) is 16.0 Å². The molecule has 0 spiro atoms. The van der Waals surface area contributed by atoms with Crippen molar-refractivity contribution in [2.75, 3.05) is 18.4 Å². The number of fused-ring (bicyclic) bond motifs is 2. The number of benzene rings is 2. The molecule has 1 saturated heterocycles. The van der Waals surface area contributed by atoms with Gasteiger partial charge in [-0.3, -0.25) is 4.79 Å². The molecule has 1 unspecified atom stereocenters. The highest BCUT2D eigenvalue weighted by Gasteiger charge is 2.34. The Morgan fingerprint density at radius 3 is 2.64 bits per heavy atom. The number of phenols is 1. The van der Waals surface area contributed by atoms with Crippen molar-refractivity contribution >= 4 is 23.7 Å². The molecule has 9 nitrogen and oxygen atoms in total. The van der Waals surface area contributed by atoms with Crippen LogP contribution >= 0.6 is 0 Å². The second kappa shape index (κ2) is 8.65. The highest BCUT2D eigenvalue weighted by molar-refractivity contribution is 5.92. The molecular weight excluding hydrogens is 422 g/mol. The van der Waals surface area contributed by atoms with Crippen molar-refractivity contribution < 1.29 is 19.5 Å². The van der Waals surface area contributed by atoms with Gasteiger partial charge in [0.25, 0.3) is 0 Å². The number of piperidine rings is 1. The molecule has 5 rings (SSSR count). The number of aromatic hydroxyl groups is 1. The van der Waals surface area contributed by atoms with Crippen LogP contribution in [0.5, 0.6) is 5.75 Å². The van der Waals surface area contributed by atoms with E-state index in [1.165, 1.54) is 0 Å². The lowest BCUT2D eigenvalue weighted by Gasteiger charge is -2.40. The van der Waals surface area contributed by atoms with Crippen LogP contribution in [-0.4, -0.2) is 58.0 Å². The fourth-order valence-corrected chi connectivity index (χ4v) is 4.85. The van der Waals surface area contributed by atoms with Gasteiger partial charge < -0.3 is 30.9 Å². The van der Waals surface area contributed by atoms with Crippen LogP contribution in [-0.2, 0) is 24.3 Å². The normalized spacial score (nSPS) is 20.8. The van der Waals surface area contributed by atoms with Gasteiger partial charge >= 0.3 is 12.1 Å². The lowest BCUT2D eigenvalue weighted by atomic mass is 10.0. The zero-order valence-corrected chi connectivity index (χ0v) is 18.2. The van der Waals surface area contributed by atoms with Crippen LogP contribution in [0.25, 0.3) is 0 Å². The Morgan fingerprint density at radius 1 is 1.03 bits per heavy atom. The maximum absolute atomic E-state index is 12.9. The minimum atomic E-state index is -0.676. The lowest BCUT2D eigenvalue weighted by molar-refractivity contribution is -0.122. The van der Waals surface area contributed by atoms with Gasteiger partial charge in [-0.15, -0.1) is 0 Å². The number of carbonyl (C=O) groups excluding carboxylic acids is 3. The van der Waals surface area contributed by atoms with Gasteiger partial charge in [0.1, 0.15) is 11.8 Å². The molecule has 3 aliphatic heterocycles. The predicted octanol–water partition coefficient (Wildman–Crippen LogP) is 2.15. The number of hydrogen-bond donors (Lipinski definition) is 4. The number of phenolic OH excluding ortho intramolecular Hbond substituents is 1. The Labute approximate surface area is 191 Å². The smallest absolute Gasteiger partial charge is 0.322 e. The van der Waals surface area contributed by atoms with Crippen molar-refractivity contribution in [3.8, 4) is 5.75 Å². The SMILES string of the molecule is O=C1NCc2cc(O)ccc2CC1NC(=O)N1CCC(N2Cc3ccccc3NC2=O)CC1. The molecule has 2 aromatic carbocycles. The number of hydrogen-bond acceptors (Lipinski definition) is 4. The Morgan fingerprint density at radius 2 is 1.82 bits per heavy atom. The average molecular weight is 450 g/mol. The third kappa shape index (κ3) is 4.30. The molecule has 0 radical (unpaired) electrons. The first-order valence-electron chi connectivity index (χ1n) is 11.3. The van der Waals surface area contributed by atoms with Crippen LogP contribution in [0.15, 0.2) is 42.5 Å². The zero-order valence-electron chi connectivity index (χ0n) is 18.2. The van der Waals surface area contributed by atoms with E-state index < -0.39 is 6.04 Å². The summed E-state index contributed by atoms with van der Waals surface area (Å²) >= 11 is 0. The van der Waals surface area contributed by atoms with Gasteiger partial charge in [0.2, 0.25) is 5.91 Å². The summed E-state index contributed by atoms with van der Waals surface area (Å²) in [6.07, 6.45) is 1.74. The van der Waals surface area contributed by atoms with Gasteiger partial charge in [-0.25, -0.2) is 9.59 Å². The molecule has 1 fully saturated rings. The molecule has 33 heavy (non-hydrogen) atoms. The monoisotopic (exact) mass is 449 g/mol. The Kier molecular flexibility index (Phi) is 5.53. The maximum atomic E-state index is 12.9. The molecule has 4 N–H and O–H groups in total. The van der Waals surface area contributed by atoms with Gasteiger partial charge in [-0.2, -0.15) is 0 Å². The molecule has 3 heterocycles. The van der Waals surface area contributed by atoms with Crippen LogP contribution in [0, 0.1) is 0 Å². The predicted molar refractivity (Wildman–Crippen MR) is 122 cm³/mol. The van der Waals surface area contributed by atoms with Crippen LogP contribution in [0.4, 0.5) is 15.3 Å². The van der Waals surface area contributed by atoms with Gasteiger partial charge in [0.05, 0.1) is 0 Å². The molecule has 5 amide bonds. The number of nitrogens with zero attached hydrogens (tertiary/aromatic N) is 2. The van der Waals surface area contributed by atoms with E-state index in [1.807, 2.05) is 29.2 Å². The number of urea groups is 2. The average Bonchev–Trinajstić information content (AvgIpc) is 2.97. The van der Waals surface area contributed by atoms with E-state index >= 15 is 0 Å². The van der Waals surface area contributed by atoms with Crippen molar-refractivity contribution in [1.82, 2.24) is 20.4 Å². The number of amides is 5. The summed E-state index contributed by atoms with van der Waals surface area (Å²) in [6, 6.07) is 11.8. The van der Waals surface area contributed by atoms with Crippen molar-refractivity contribution in [3.05, 3.63) is 59.2 Å². The molecule has 2 aromatic rings. The van der Waals surface area contributed by atoms with Gasteiger partial charge in [-0.1, -0.05) is 24.3 Å². The summed E-state index contributed by atoms with van der Waals surface area (Å²) in [5.41, 5.74) is 3.72. The minimum Gasteiger partial charge on any atom is -0.508 e. The third-order valence-electron chi connectivity index (χ3n) is 6.73. The fraction of sp³-hybridized carbons (Fsp3) is 0.375. The lowest BCUT2D eigenvalue weighted by Crippen LogP contribution is -2.55. The number of anilines is 1. The summed E-state index contributed by atoms with van der Waals surface area (Å²) in [7, 11) is 0. The standard InChI is InChI=1S/C24H27N5O4/c30-19-6-5-15-12-21(22(31)25-13-17(15)11-19)27-23(32)28-9-7-18(8-10-28)29-14-16-3-1-2-4-20(16)26-24(29)33/h1-6,11,18,21,30H,7-10,12-14H2,(H,25,31)(H,26,33)(H,27,32).